The molecule has 0 fully saturated rings. The average Bonchev–Trinajstić information content (AvgIpc) is 3.26. The number of carbonyl (C=O) groups is 1. The van der Waals surface area contributed by atoms with Crippen LogP contribution in [0.15, 0.2) is 80.1 Å². The number of esters is 1. The summed E-state index contributed by atoms with van der Waals surface area (Å²) in [6, 6.07) is 15.0. The first kappa shape index (κ1) is 30.4. The first-order chi connectivity index (χ1) is 20.1. The highest BCUT2D eigenvalue weighted by atomic mass is 79.9. The molecule has 1 aliphatic rings. The molecule has 5 rings (SSSR count). The van der Waals surface area contributed by atoms with Gasteiger partial charge >= 0.3 is 5.97 Å². The third-order valence-electron chi connectivity index (χ3n) is 6.55. The van der Waals surface area contributed by atoms with Crippen LogP contribution in [-0.2, 0) is 16.1 Å². The number of nitrogens with zero attached hydrogens (tertiary/aromatic N) is 2. The van der Waals surface area contributed by atoms with Crippen LogP contribution in [0.4, 0.5) is 0 Å². The van der Waals surface area contributed by atoms with Gasteiger partial charge in [0.1, 0.15) is 6.61 Å². The molecule has 0 radical (unpaired) electrons. The van der Waals surface area contributed by atoms with E-state index < -0.39 is 12.0 Å². The van der Waals surface area contributed by atoms with Gasteiger partial charge in [0.2, 0.25) is 0 Å². The largest absolute Gasteiger partial charge is 0.493 e. The highest BCUT2D eigenvalue weighted by Crippen LogP contribution is 2.38. The molecule has 2 heterocycles. The Bertz CT molecular complexity index is 1920. The summed E-state index contributed by atoms with van der Waals surface area (Å²) in [5.74, 6) is 0.370. The summed E-state index contributed by atoms with van der Waals surface area (Å²) in [6.07, 6.45) is 1.74. The Morgan fingerprint density at radius 3 is 2.45 bits per heavy atom. The third kappa shape index (κ3) is 6.02. The summed E-state index contributed by atoms with van der Waals surface area (Å²) >= 11 is 23.2. The van der Waals surface area contributed by atoms with E-state index in [1.165, 1.54) is 30.1 Å². The Balaban J connectivity index is 1.56. The molecule has 0 bridgehead atoms. The van der Waals surface area contributed by atoms with Gasteiger partial charge in [-0.2, -0.15) is 0 Å². The third-order valence-corrected chi connectivity index (χ3v) is 8.96. The maximum absolute atomic E-state index is 13.8. The summed E-state index contributed by atoms with van der Waals surface area (Å²) in [5, 5.41) is 1.56. The van der Waals surface area contributed by atoms with E-state index >= 15 is 0 Å². The fraction of sp³-hybridized carbons (Fsp3) is 0.167. The maximum Gasteiger partial charge on any atom is 0.338 e. The van der Waals surface area contributed by atoms with Crippen molar-refractivity contribution in [1.29, 1.82) is 0 Å². The highest BCUT2D eigenvalue weighted by molar-refractivity contribution is 9.10. The fourth-order valence-electron chi connectivity index (χ4n) is 4.56. The lowest BCUT2D eigenvalue weighted by atomic mass is 9.96. The van der Waals surface area contributed by atoms with Crippen LogP contribution in [0.2, 0.25) is 15.1 Å². The number of hydrogen-bond acceptors (Lipinski definition) is 7. The Morgan fingerprint density at radius 2 is 1.79 bits per heavy atom. The highest BCUT2D eigenvalue weighted by Gasteiger charge is 2.33. The molecule has 1 atom stereocenters. The van der Waals surface area contributed by atoms with Gasteiger partial charge in [-0.25, -0.2) is 9.79 Å². The molecule has 0 amide bonds. The molecule has 7 nitrogen and oxygen atoms in total. The number of methoxy groups -OCH3 is 2. The number of halogens is 4. The Labute approximate surface area is 268 Å². The van der Waals surface area contributed by atoms with Gasteiger partial charge in [0, 0.05) is 20.6 Å². The van der Waals surface area contributed by atoms with Crippen molar-refractivity contribution in [1.82, 2.24) is 4.57 Å². The standard InChI is InChI=1S/C30H22BrCl3N2O5S/c1-15-25(29(38)40-3)26(17-4-7-19(32)8-5-17)36-28(37)24(42-30(36)35-15)12-16-10-21(31)27(23(11-16)39-2)41-14-18-6-9-20(33)13-22(18)34/h4-13,26H,14H2,1-3H3/b24-12-/t26-/m0/s1. The molecule has 216 valence electrons. The van der Waals surface area contributed by atoms with Crippen LogP contribution in [0.25, 0.3) is 6.08 Å². The van der Waals surface area contributed by atoms with Crippen molar-refractivity contribution in [2.24, 2.45) is 4.99 Å². The Hall–Kier alpha value is -3.08. The second-order valence-corrected chi connectivity index (χ2v) is 12.3. The van der Waals surface area contributed by atoms with Crippen LogP contribution in [0, 0.1) is 0 Å². The van der Waals surface area contributed by atoms with Crippen molar-refractivity contribution in [3.63, 3.8) is 0 Å². The first-order valence-corrected chi connectivity index (χ1v) is 15.2. The maximum atomic E-state index is 13.8. The minimum atomic E-state index is -0.732. The number of fused-ring (bicyclic) bond motifs is 1. The SMILES string of the molecule is COC(=O)C1=C(C)N=c2s/c(=C\c3cc(Br)c(OCc4ccc(Cl)cc4Cl)c(OC)c3)c(=O)n2[C@H]1c1ccc(Cl)cc1. The zero-order valence-electron chi connectivity index (χ0n) is 22.4. The average molecular weight is 709 g/mol. The smallest absolute Gasteiger partial charge is 0.338 e. The van der Waals surface area contributed by atoms with Crippen LogP contribution in [0.5, 0.6) is 11.5 Å². The number of benzene rings is 3. The van der Waals surface area contributed by atoms with E-state index in [2.05, 4.69) is 20.9 Å². The number of rotatable bonds is 7. The quantitative estimate of drug-likeness (QED) is 0.199. The fourth-order valence-corrected chi connectivity index (χ4v) is 6.77. The van der Waals surface area contributed by atoms with E-state index in [0.29, 0.717) is 57.2 Å². The molecule has 0 N–H and O–H groups in total. The topological polar surface area (TPSA) is 79.1 Å². The molecular formula is C30H22BrCl3N2O5S. The van der Waals surface area contributed by atoms with E-state index in [-0.39, 0.29) is 17.7 Å². The zero-order chi connectivity index (χ0) is 30.1. The molecule has 1 aromatic heterocycles. The number of carbonyl (C=O) groups excluding carboxylic acids is 1. The van der Waals surface area contributed by atoms with E-state index in [9.17, 15) is 9.59 Å². The number of ether oxygens (including phenoxy) is 3. The van der Waals surface area contributed by atoms with Crippen LogP contribution in [0.1, 0.15) is 29.7 Å². The minimum Gasteiger partial charge on any atom is -0.493 e. The molecular weight excluding hydrogens is 687 g/mol. The van der Waals surface area contributed by atoms with Crippen molar-refractivity contribution in [2.75, 3.05) is 14.2 Å². The number of thiazole rings is 1. The van der Waals surface area contributed by atoms with E-state index in [1.54, 1.807) is 61.5 Å². The van der Waals surface area contributed by atoms with Crippen molar-refractivity contribution in [3.05, 3.63) is 122 Å². The molecule has 3 aromatic carbocycles. The molecule has 42 heavy (non-hydrogen) atoms. The molecule has 0 unspecified atom stereocenters. The molecule has 1 aliphatic heterocycles. The summed E-state index contributed by atoms with van der Waals surface area (Å²) < 4.78 is 19.3. The van der Waals surface area contributed by atoms with Crippen LogP contribution < -0.4 is 24.4 Å². The molecule has 0 saturated heterocycles. The van der Waals surface area contributed by atoms with E-state index in [1.807, 2.05) is 6.07 Å². The number of aromatic nitrogens is 1. The van der Waals surface area contributed by atoms with Crippen molar-refractivity contribution >= 4 is 74.1 Å². The van der Waals surface area contributed by atoms with Gasteiger partial charge in [-0.05, 0) is 76.5 Å². The Kier molecular flexibility index (Phi) is 9.15. The van der Waals surface area contributed by atoms with Gasteiger partial charge < -0.3 is 14.2 Å². The molecule has 0 spiro atoms. The zero-order valence-corrected chi connectivity index (χ0v) is 27.1. The predicted molar refractivity (Wildman–Crippen MR) is 169 cm³/mol. The monoisotopic (exact) mass is 706 g/mol. The lowest BCUT2D eigenvalue weighted by Gasteiger charge is -2.24. The van der Waals surface area contributed by atoms with Gasteiger partial charge in [-0.1, -0.05) is 64.3 Å². The van der Waals surface area contributed by atoms with Gasteiger partial charge in [0.15, 0.2) is 16.3 Å². The van der Waals surface area contributed by atoms with Gasteiger partial charge in [0.05, 0.1) is 40.5 Å². The summed E-state index contributed by atoms with van der Waals surface area (Å²) in [6.45, 7) is 1.92. The summed E-state index contributed by atoms with van der Waals surface area (Å²) in [7, 11) is 2.83. The molecule has 0 saturated carbocycles. The minimum absolute atomic E-state index is 0.190. The number of allylic oxidation sites excluding steroid dienone is 1. The molecule has 4 aromatic rings. The van der Waals surface area contributed by atoms with Crippen LogP contribution in [-0.4, -0.2) is 24.8 Å². The molecule has 0 aliphatic carbocycles. The van der Waals surface area contributed by atoms with Crippen molar-refractivity contribution in [2.45, 2.75) is 19.6 Å². The second kappa shape index (κ2) is 12.7. The van der Waals surface area contributed by atoms with Gasteiger partial charge in [-0.15, -0.1) is 0 Å². The van der Waals surface area contributed by atoms with Crippen molar-refractivity contribution in [3.8, 4) is 11.5 Å². The summed E-state index contributed by atoms with van der Waals surface area (Å²) in [4.78, 5) is 31.7. The van der Waals surface area contributed by atoms with Gasteiger partial charge in [0.25, 0.3) is 5.56 Å². The lowest BCUT2D eigenvalue weighted by molar-refractivity contribution is -0.136. The first-order valence-electron chi connectivity index (χ1n) is 12.4. The normalized spacial score (nSPS) is 14.8. The molecule has 12 heteroatoms. The predicted octanol–water partition coefficient (Wildman–Crippen LogP) is 6.72. The lowest BCUT2D eigenvalue weighted by Crippen LogP contribution is -2.39. The second-order valence-electron chi connectivity index (χ2n) is 9.18. The Morgan fingerprint density at radius 1 is 1.07 bits per heavy atom. The van der Waals surface area contributed by atoms with E-state index in [0.717, 1.165) is 5.56 Å². The van der Waals surface area contributed by atoms with Gasteiger partial charge in [-0.3, -0.25) is 9.36 Å². The van der Waals surface area contributed by atoms with Crippen LogP contribution in [0.3, 0.4) is 0 Å². The van der Waals surface area contributed by atoms with Crippen molar-refractivity contribution < 1.29 is 19.0 Å². The number of hydrogen-bond donors (Lipinski definition) is 0. The summed E-state index contributed by atoms with van der Waals surface area (Å²) in [5.41, 5.74) is 2.60. The van der Waals surface area contributed by atoms with E-state index in [4.69, 9.17) is 49.0 Å². The van der Waals surface area contributed by atoms with Crippen LogP contribution >= 0.6 is 62.1 Å².